The van der Waals surface area contributed by atoms with Gasteiger partial charge in [0.1, 0.15) is 0 Å². The second-order valence-corrected chi connectivity index (χ2v) is 2.88. The number of carbonyl (C=O) groups is 1. The van der Waals surface area contributed by atoms with Gasteiger partial charge in [-0.25, -0.2) is 0 Å². The summed E-state index contributed by atoms with van der Waals surface area (Å²) in [6.45, 7) is 0. The minimum absolute atomic E-state index is 0.263. The van der Waals surface area contributed by atoms with E-state index in [-0.39, 0.29) is 5.91 Å². The van der Waals surface area contributed by atoms with Crippen molar-refractivity contribution in [3.8, 4) is 0 Å². The Kier molecular flexibility index (Phi) is 2.14. The molecular weight excluding hydrogens is 178 g/mol. The molecule has 0 unspecified atom stereocenters. The summed E-state index contributed by atoms with van der Waals surface area (Å²) in [4.78, 5) is 14.8. The average Bonchev–Trinajstić information content (AvgIpc) is 2.61. The van der Waals surface area contributed by atoms with Crippen LogP contribution in [0.5, 0.6) is 0 Å². The number of amides is 1. The molecule has 1 aliphatic rings. The second-order valence-electron chi connectivity index (χ2n) is 2.88. The zero-order valence-corrected chi connectivity index (χ0v) is 7.73. The van der Waals surface area contributed by atoms with Crippen LogP contribution in [0.4, 0.5) is 0 Å². The van der Waals surface area contributed by atoms with Crippen molar-refractivity contribution in [3.05, 3.63) is 42.0 Å². The number of benzene rings is 1. The van der Waals surface area contributed by atoms with E-state index >= 15 is 0 Å². The van der Waals surface area contributed by atoms with E-state index in [9.17, 15) is 4.79 Å². The van der Waals surface area contributed by atoms with Crippen molar-refractivity contribution in [2.75, 3.05) is 7.11 Å². The third kappa shape index (κ3) is 1.44. The Morgan fingerprint density at radius 3 is 2.57 bits per heavy atom. The Hall–Kier alpha value is -1.90. The standard InChI is InChI=1S/C11H9NO2/c1-14-11-9(7-10(13)12-11)8-5-3-2-4-6-8/h2-7H,1H3. The summed E-state index contributed by atoms with van der Waals surface area (Å²) >= 11 is 0. The molecule has 2 rings (SSSR count). The lowest BCUT2D eigenvalue weighted by atomic mass is 10.1. The van der Waals surface area contributed by atoms with E-state index < -0.39 is 0 Å². The van der Waals surface area contributed by atoms with Crippen LogP contribution in [0.1, 0.15) is 5.56 Å². The molecule has 0 saturated carbocycles. The molecule has 0 bridgehead atoms. The molecular formula is C11H9NO2. The van der Waals surface area contributed by atoms with Crippen molar-refractivity contribution in [1.29, 1.82) is 0 Å². The molecule has 1 aromatic rings. The minimum Gasteiger partial charge on any atom is -0.480 e. The quantitative estimate of drug-likeness (QED) is 0.670. The fourth-order valence-corrected chi connectivity index (χ4v) is 1.36. The Balaban J connectivity index is 2.42. The van der Waals surface area contributed by atoms with Gasteiger partial charge in [-0.15, -0.1) is 0 Å². The first-order valence-electron chi connectivity index (χ1n) is 4.25. The normalized spacial score (nSPS) is 15.1. The van der Waals surface area contributed by atoms with Gasteiger partial charge in [-0.1, -0.05) is 30.3 Å². The SMILES string of the molecule is COC1=NC(=O)C=C1c1ccccc1. The Labute approximate surface area is 81.7 Å². The van der Waals surface area contributed by atoms with Gasteiger partial charge in [0.05, 0.1) is 7.11 Å². The summed E-state index contributed by atoms with van der Waals surface area (Å²) in [7, 11) is 1.51. The maximum atomic E-state index is 11.1. The van der Waals surface area contributed by atoms with E-state index in [4.69, 9.17) is 4.74 Å². The molecule has 0 fully saturated rings. The van der Waals surface area contributed by atoms with Crippen LogP contribution in [-0.2, 0) is 9.53 Å². The second kappa shape index (κ2) is 3.46. The predicted molar refractivity (Wildman–Crippen MR) is 53.9 cm³/mol. The molecule has 0 radical (unpaired) electrons. The van der Waals surface area contributed by atoms with Crippen molar-refractivity contribution < 1.29 is 9.53 Å². The first-order chi connectivity index (χ1) is 6.81. The van der Waals surface area contributed by atoms with E-state index in [1.165, 1.54) is 13.2 Å². The number of rotatable bonds is 1. The fraction of sp³-hybridized carbons (Fsp3) is 0.0909. The zero-order valence-electron chi connectivity index (χ0n) is 7.73. The third-order valence-electron chi connectivity index (χ3n) is 1.99. The Morgan fingerprint density at radius 2 is 1.93 bits per heavy atom. The van der Waals surface area contributed by atoms with Gasteiger partial charge in [0.25, 0.3) is 5.91 Å². The molecule has 0 aliphatic carbocycles. The number of methoxy groups -OCH3 is 1. The first-order valence-corrected chi connectivity index (χ1v) is 4.25. The van der Waals surface area contributed by atoms with Crippen molar-refractivity contribution in [2.24, 2.45) is 4.99 Å². The molecule has 0 N–H and O–H groups in total. The van der Waals surface area contributed by atoms with Crippen LogP contribution in [-0.4, -0.2) is 18.9 Å². The van der Waals surface area contributed by atoms with Crippen molar-refractivity contribution >= 4 is 17.4 Å². The highest BCUT2D eigenvalue weighted by Gasteiger charge is 2.18. The predicted octanol–water partition coefficient (Wildman–Crippen LogP) is 1.66. The lowest BCUT2D eigenvalue weighted by molar-refractivity contribution is -0.113. The van der Waals surface area contributed by atoms with Gasteiger partial charge in [0, 0.05) is 11.6 Å². The van der Waals surface area contributed by atoms with Crippen molar-refractivity contribution in [1.82, 2.24) is 0 Å². The van der Waals surface area contributed by atoms with E-state index in [1.807, 2.05) is 30.3 Å². The highest BCUT2D eigenvalue weighted by Crippen LogP contribution is 2.20. The van der Waals surface area contributed by atoms with E-state index in [2.05, 4.69) is 4.99 Å². The molecule has 0 saturated heterocycles. The van der Waals surface area contributed by atoms with E-state index in [1.54, 1.807) is 0 Å². The van der Waals surface area contributed by atoms with Crippen LogP contribution >= 0.6 is 0 Å². The highest BCUT2D eigenvalue weighted by molar-refractivity contribution is 6.31. The van der Waals surface area contributed by atoms with Crippen LogP contribution in [0.2, 0.25) is 0 Å². The van der Waals surface area contributed by atoms with E-state index in [0.29, 0.717) is 5.90 Å². The van der Waals surface area contributed by atoms with Crippen molar-refractivity contribution in [3.63, 3.8) is 0 Å². The highest BCUT2D eigenvalue weighted by atomic mass is 16.5. The summed E-state index contributed by atoms with van der Waals surface area (Å²) in [6, 6.07) is 9.57. The van der Waals surface area contributed by atoms with Gasteiger partial charge < -0.3 is 4.74 Å². The van der Waals surface area contributed by atoms with Gasteiger partial charge in [-0.2, -0.15) is 4.99 Å². The maximum Gasteiger partial charge on any atom is 0.273 e. The largest absolute Gasteiger partial charge is 0.480 e. The number of carbonyl (C=O) groups excluding carboxylic acids is 1. The summed E-state index contributed by atoms with van der Waals surface area (Å²) < 4.78 is 5.01. The van der Waals surface area contributed by atoms with Gasteiger partial charge in [-0.3, -0.25) is 4.79 Å². The lowest BCUT2D eigenvalue weighted by Gasteiger charge is -2.03. The molecule has 1 amide bonds. The molecule has 70 valence electrons. The molecule has 1 aromatic carbocycles. The Morgan fingerprint density at radius 1 is 1.21 bits per heavy atom. The van der Waals surface area contributed by atoms with Crippen LogP contribution in [0.15, 0.2) is 41.4 Å². The monoisotopic (exact) mass is 187 g/mol. The number of nitrogens with zero attached hydrogens (tertiary/aromatic N) is 1. The van der Waals surface area contributed by atoms with Crippen LogP contribution in [0.25, 0.3) is 5.57 Å². The molecule has 0 spiro atoms. The summed E-state index contributed by atoms with van der Waals surface area (Å²) in [5, 5.41) is 0. The van der Waals surface area contributed by atoms with Gasteiger partial charge in [-0.05, 0) is 5.56 Å². The molecule has 14 heavy (non-hydrogen) atoms. The fourth-order valence-electron chi connectivity index (χ4n) is 1.36. The van der Waals surface area contributed by atoms with Crippen LogP contribution in [0, 0.1) is 0 Å². The molecule has 1 heterocycles. The Bertz CT molecular complexity index is 418. The molecule has 3 heteroatoms. The average molecular weight is 187 g/mol. The molecule has 1 aliphatic heterocycles. The van der Waals surface area contributed by atoms with Crippen molar-refractivity contribution in [2.45, 2.75) is 0 Å². The number of ether oxygens (including phenoxy) is 1. The smallest absolute Gasteiger partial charge is 0.273 e. The minimum atomic E-state index is -0.263. The summed E-state index contributed by atoms with van der Waals surface area (Å²) in [5.74, 6) is 0.127. The number of aliphatic imine (C=N–C) groups is 1. The zero-order chi connectivity index (χ0) is 9.97. The first kappa shape index (κ1) is 8.69. The topological polar surface area (TPSA) is 38.7 Å². The lowest BCUT2D eigenvalue weighted by Crippen LogP contribution is -2.00. The van der Waals surface area contributed by atoms with Crippen LogP contribution in [0.3, 0.4) is 0 Å². The molecule has 3 nitrogen and oxygen atoms in total. The summed E-state index contributed by atoms with van der Waals surface area (Å²) in [6.07, 6.45) is 1.48. The van der Waals surface area contributed by atoms with Gasteiger partial charge in [0.15, 0.2) is 0 Å². The van der Waals surface area contributed by atoms with Crippen LogP contribution < -0.4 is 0 Å². The van der Waals surface area contributed by atoms with Gasteiger partial charge >= 0.3 is 0 Å². The maximum absolute atomic E-state index is 11.1. The number of hydrogen-bond acceptors (Lipinski definition) is 2. The summed E-state index contributed by atoms with van der Waals surface area (Å²) in [5.41, 5.74) is 1.69. The number of hydrogen-bond donors (Lipinski definition) is 0. The van der Waals surface area contributed by atoms with E-state index in [0.717, 1.165) is 11.1 Å². The third-order valence-corrected chi connectivity index (χ3v) is 1.99. The molecule has 0 aromatic heterocycles. The molecule has 0 atom stereocenters. The van der Waals surface area contributed by atoms with Gasteiger partial charge in [0.2, 0.25) is 5.90 Å².